The van der Waals surface area contributed by atoms with Gasteiger partial charge in [-0.3, -0.25) is 4.99 Å². The van der Waals surface area contributed by atoms with Gasteiger partial charge in [0.2, 0.25) is 0 Å². The van der Waals surface area contributed by atoms with Gasteiger partial charge in [0.1, 0.15) is 5.82 Å². The zero-order chi connectivity index (χ0) is 21.4. The van der Waals surface area contributed by atoms with Gasteiger partial charge < -0.3 is 16.0 Å². The van der Waals surface area contributed by atoms with E-state index in [9.17, 15) is 13.2 Å². The monoisotopic (exact) mass is 564 g/mol. The second-order valence-corrected chi connectivity index (χ2v) is 7.32. The molecular weight excluding hydrogens is 540 g/mol. The molecule has 3 aromatic rings. The fourth-order valence-electron chi connectivity index (χ4n) is 2.70. The molecule has 6 nitrogen and oxygen atoms in total. The molecule has 0 fully saturated rings. The predicted octanol–water partition coefficient (Wildman–Crippen LogP) is 4.54. The van der Waals surface area contributed by atoms with E-state index in [-0.39, 0.29) is 24.0 Å². The summed E-state index contributed by atoms with van der Waals surface area (Å²) in [5.74, 6) is 1.40. The molecule has 168 valence electrons. The van der Waals surface area contributed by atoms with Crippen molar-refractivity contribution in [3.63, 3.8) is 0 Å². The number of pyridine rings is 1. The zero-order valence-electron chi connectivity index (χ0n) is 16.9. The van der Waals surface area contributed by atoms with Crippen LogP contribution in [0.4, 0.5) is 19.0 Å². The molecule has 31 heavy (non-hydrogen) atoms. The Morgan fingerprint density at radius 3 is 2.61 bits per heavy atom. The number of aliphatic imine (C=N–C) groups is 1. The van der Waals surface area contributed by atoms with Gasteiger partial charge in [-0.25, -0.2) is 9.97 Å². The third-order valence-corrected chi connectivity index (χ3v) is 5.01. The normalized spacial score (nSPS) is 11.8. The van der Waals surface area contributed by atoms with E-state index in [0.717, 1.165) is 33.4 Å². The Hall–Kier alpha value is -2.15. The molecule has 0 saturated carbocycles. The maximum atomic E-state index is 12.6. The van der Waals surface area contributed by atoms with E-state index in [4.69, 9.17) is 0 Å². The zero-order valence-corrected chi connectivity index (χ0v) is 20.0. The number of fused-ring (bicyclic) bond motifs is 1. The van der Waals surface area contributed by atoms with Crippen molar-refractivity contribution in [3.8, 4) is 0 Å². The number of alkyl halides is 3. The van der Waals surface area contributed by atoms with E-state index >= 15 is 0 Å². The van der Waals surface area contributed by atoms with Crippen LogP contribution in [-0.2, 0) is 12.6 Å². The molecule has 2 aromatic heterocycles. The number of halogens is 4. The van der Waals surface area contributed by atoms with Crippen LogP contribution in [0.2, 0.25) is 0 Å². The van der Waals surface area contributed by atoms with Crippen LogP contribution in [0.1, 0.15) is 17.6 Å². The Balaban J connectivity index is 0.00000341. The van der Waals surface area contributed by atoms with E-state index in [2.05, 4.69) is 30.9 Å². The maximum Gasteiger partial charge on any atom is 0.434 e. The van der Waals surface area contributed by atoms with E-state index in [0.29, 0.717) is 43.6 Å². The van der Waals surface area contributed by atoms with Crippen LogP contribution in [0.3, 0.4) is 0 Å². The van der Waals surface area contributed by atoms with E-state index in [1.54, 1.807) is 0 Å². The lowest BCUT2D eigenvalue weighted by atomic mass is 10.2. The number of guanidine groups is 1. The second kappa shape index (κ2) is 12.0. The van der Waals surface area contributed by atoms with Crippen molar-refractivity contribution in [1.29, 1.82) is 0 Å². The van der Waals surface area contributed by atoms with Gasteiger partial charge in [0.05, 0.1) is 10.5 Å². The van der Waals surface area contributed by atoms with Crippen LogP contribution < -0.4 is 16.0 Å². The summed E-state index contributed by atoms with van der Waals surface area (Å²) in [6, 6.07) is 11.9. The van der Waals surface area contributed by atoms with Crippen LogP contribution in [0.15, 0.2) is 46.8 Å². The third kappa shape index (κ3) is 7.80. The van der Waals surface area contributed by atoms with Gasteiger partial charge in [-0.1, -0.05) is 18.2 Å². The molecule has 0 saturated heterocycles. The molecule has 0 aliphatic rings. The Kier molecular flexibility index (Phi) is 9.75. The van der Waals surface area contributed by atoms with Crippen LogP contribution in [-0.4, -0.2) is 42.1 Å². The van der Waals surface area contributed by atoms with Crippen LogP contribution in [0.5, 0.6) is 0 Å². The van der Waals surface area contributed by atoms with Crippen LogP contribution in [0.25, 0.3) is 10.9 Å². The number of nitrogens with one attached hydrogen (secondary N) is 3. The summed E-state index contributed by atoms with van der Waals surface area (Å²) in [4.78, 5) is 12.6. The highest BCUT2D eigenvalue weighted by atomic mass is 127. The van der Waals surface area contributed by atoms with Crippen LogP contribution >= 0.6 is 35.3 Å². The minimum absolute atomic E-state index is 0. The highest BCUT2D eigenvalue weighted by Gasteiger charge is 2.33. The van der Waals surface area contributed by atoms with Gasteiger partial charge in [-0.15, -0.1) is 35.3 Å². The fraction of sp³-hybridized carbons (Fsp3) is 0.350. The number of nitrogens with zero attached hydrogens (tertiary/aromatic N) is 3. The number of hydrogen-bond acceptors (Lipinski definition) is 5. The Morgan fingerprint density at radius 1 is 1.06 bits per heavy atom. The van der Waals surface area contributed by atoms with Crippen molar-refractivity contribution in [2.24, 2.45) is 4.99 Å². The standard InChI is InChI=1S/C20H23F3N6S.HI/c1-2-24-19(26-10-9-18-29-16(13-30-18)20(21,22)23)27-12-11-25-17-8-7-14-5-3-4-6-15(14)28-17;/h3-8,13H,2,9-12H2,1H3,(H,25,28)(H2,24,26,27);1H. The van der Waals surface area contributed by atoms with Crippen molar-refractivity contribution < 1.29 is 13.2 Å². The lowest BCUT2D eigenvalue weighted by Gasteiger charge is -2.12. The van der Waals surface area contributed by atoms with Gasteiger partial charge >= 0.3 is 6.18 Å². The van der Waals surface area contributed by atoms with Crippen molar-refractivity contribution in [1.82, 2.24) is 20.6 Å². The molecule has 0 bridgehead atoms. The number of aromatic nitrogens is 2. The molecule has 3 rings (SSSR count). The van der Waals surface area contributed by atoms with Crippen molar-refractivity contribution in [2.45, 2.75) is 19.5 Å². The molecule has 1 aromatic carbocycles. The quantitative estimate of drug-likeness (QED) is 0.162. The van der Waals surface area contributed by atoms with Gasteiger partial charge in [0, 0.05) is 43.4 Å². The smallest absolute Gasteiger partial charge is 0.368 e. The van der Waals surface area contributed by atoms with Gasteiger partial charge in [0.15, 0.2) is 11.7 Å². The summed E-state index contributed by atoms with van der Waals surface area (Å²) < 4.78 is 37.8. The average Bonchev–Trinajstić information content (AvgIpc) is 3.20. The largest absolute Gasteiger partial charge is 0.434 e. The molecule has 0 unspecified atom stereocenters. The number of benzene rings is 1. The number of anilines is 1. The minimum Gasteiger partial charge on any atom is -0.368 e. The summed E-state index contributed by atoms with van der Waals surface area (Å²) in [5.41, 5.74) is 0.0890. The molecule has 2 heterocycles. The Bertz CT molecular complexity index is 992. The van der Waals surface area contributed by atoms with Crippen molar-refractivity contribution in [2.75, 3.05) is 31.5 Å². The summed E-state index contributed by atoms with van der Waals surface area (Å²) in [7, 11) is 0. The average molecular weight is 564 g/mol. The second-order valence-electron chi connectivity index (χ2n) is 6.38. The molecule has 0 amide bonds. The molecule has 3 N–H and O–H groups in total. The highest BCUT2D eigenvalue weighted by molar-refractivity contribution is 14.0. The fourth-order valence-corrected chi connectivity index (χ4v) is 3.49. The minimum atomic E-state index is -4.40. The molecule has 0 aliphatic carbocycles. The molecule has 0 spiro atoms. The molecule has 0 atom stereocenters. The van der Waals surface area contributed by atoms with Gasteiger partial charge in [0.25, 0.3) is 0 Å². The molecule has 11 heteroatoms. The van der Waals surface area contributed by atoms with E-state index in [1.807, 2.05) is 43.3 Å². The van der Waals surface area contributed by atoms with Crippen molar-refractivity contribution in [3.05, 3.63) is 52.5 Å². The van der Waals surface area contributed by atoms with Crippen molar-refractivity contribution >= 4 is 58.0 Å². The third-order valence-electron chi connectivity index (χ3n) is 4.10. The number of hydrogen-bond donors (Lipinski definition) is 3. The SMILES string of the molecule is CCNC(=NCCc1nc(C(F)(F)F)cs1)NCCNc1ccc2ccccc2n1.I. The number of para-hydroxylation sites is 1. The first-order chi connectivity index (χ1) is 14.5. The van der Waals surface area contributed by atoms with Gasteiger partial charge in [-0.2, -0.15) is 13.2 Å². The lowest BCUT2D eigenvalue weighted by molar-refractivity contribution is -0.140. The lowest BCUT2D eigenvalue weighted by Crippen LogP contribution is -2.39. The molecule has 0 aliphatic heterocycles. The maximum absolute atomic E-state index is 12.6. The first kappa shape index (κ1) is 25.1. The Labute approximate surface area is 199 Å². The summed E-state index contributed by atoms with van der Waals surface area (Å²) in [6.45, 7) is 4.22. The molecule has 0 radical (unpaired) electrons. The first-order valence-electron chi connectivity index (χ1n) is 9.59. The highest BCUT2D eigenvalue weighted by Crippen LogP contribution is 2.30. The predicted molar refractivity (Wildman–Crippen MR) is 130 cm³/mol. The van der Waals surface area contributed by atoms with E-state index < -0.39 is 11.9 Å². The van der Waals surface area contributed by atoms with Gasteiger partial charge in [-0.05, 0) is 25.1 Å². The molecular formula is C20H24F3IN6S. The van der Waals surface area contributed by atoms with E-state index in [1.165, 1.54) is 0 Å². The first-order valence-corrected chi connectivity index (χ1v) is 10.5. The number of rotatable bonds is 8. The Morgan fingerprint density at radius 2 is 1.87 bits per heavy atom. The summed E-state index contributed by atoms with van der Waals surface area (Å²) in [6.07, 6.45) is -4.04. The summed E-state index contributed by atoms with van der Waals surface area (Å²) >= 11 is 1.00. The number of thiazole rings is 1. The van der Waals surface area contributed by atoms with Crippen LogP contribution in [0, 0.1) is 0 Å². The summed E-state index contributed by atoms with van der Waals surface area (Å²) in [5, 5.41) is 12.1. The topological polar surface area (TPSA) is 74.2 Å².